The van der Waals surface area contributed by atoms with E-state index in [0.29, 0.717) is 5.56 Å². The second-order valence-corrected chi connectivity index (χ2v) is 6.39. The topological polar surface area (TPSA) is 89.8 Å². The summed E-state index contributed by atoms with van der Waals surface area (Å²) in [5.74, 6) is -2.07. The van der Waals surface area contributed by atoms with E-state index in [1.807, 2.05) is 0 Å². The quantitative estimate of drug-likeness (QED) is 0.359. The van der Waals surface area contributed by atoms with Crippen molar-refractivity contribution in [3.05, 3.63) is 46.0 Å². The SMILES string of the molecule is Cc1ccc(N2C(=O)[C@H]3[C@@H]4C=C[C@](C)(O4)[C@@H]3C2=O)c([N+](=O)[O-])c1. The van der Waals surface area contributed by atoms with E-state index in [1.165, 1.54) is 12.1 Å². The summed E-state index contributed by atoms with van der Waals surface area (Å²) < 4.78 is 5.74. The summed E-state index contributed by atoms with van der Waals surface area (Å²) in [4.78, 5) is 37.3. The van der Waals surface area contributed by atoms with Crippen LogP contribution in [0, 0.1) is 28.9 Å². The molecule has 0 radical (unpaired) electrons. The first-order valence-corrected chi connectivity index (χ1v) is 7.33. The fraction of sp³-hybridized carbons (Fsp3) is 0.375. The van der Waals surface area contributed by atoms with Gasteiger partial charge in [-0.2, -0.15) is 0 Å². The van der Waals surface area contributed by atoms with Crippen LogP contribution in [0.4, 0.5) is 11.4 Å². The van der Waals surface area contributed by atoms with Gasteiger partial charge < -0.3 is 4.74 Å². The van der Waals surface area contributed by atoms with Crippen LogP contribution in [0.2, 0.25) is 0 Å². The number of fused-ring (bicyclic) bond motifs is 5. The Morgan fingerprint density at radius 1 is 1.30 bits per heavy atom. The normalized spacial score (nSPS) is 34.3. The number of hydrogen-bond acceptors (Lipinski definition) is 5. The molecule has 3 aliphatic heterocycles. The van der Waals surface area contributed by atoms with Crippen LogP contribution in [0.25, 0.3) is 0 Å². The molecule has 0 N–H and O–H groups in total. The van der Waals surface area contributed by atoms with Gasteiger partial charge in [0.15, 0.2) is 0 Å². The smallest absolute Gasteiger partial charge is 0.293 e. The largest absolute Gasteiger partial charge is 0.362 e. The number of amides is 2. The maximum atomic E-state index is 12.8. The highest BCUT2D eigenvalue weighted by Crippen LogP contribution is 2.52. The fourth-order valence-corrected chi connectivity index (χ4v) is 3.86. The number of nitrogens with zero attached hydrogens (tertiary/aromatic N) is 2. The maximum absolute atomic E-state index is 12.8. The minimum atomic E-state index is -0.809. The molecular weight excluding hydrogens is 300 g/mol. The third-order valence-corrected chi connectivity index (χ3v) is 4.90. The minimum absolute atomic E-state index is 0.0352. The fourth-order valence-electron chi connectivity index (χ4n) is 3.86. The number of hydrogen-bond donors (Lipinski definition) is 0. The number of carbonyl (C=O) groups is 2. The zero-order valence-electron chi connectivity index (χ0n) is 12.6. The molecule has 0 spiro atoms. The van der Waals surface area contributed by atoms with Gasteiger partial charge in [-0.1, -0.05) is 18.2 Å². The van der Waals surface area contributed by atoms with Gasteiger partial charge in [0.25, 0.3) is 5.69 Å². The number of aryl methyl sites for hydroxylation is 1. The Morgan fingerprint density at radius 2 is 2.04 bits per heavy atom. The molecule has 0 unspecified atom stereocenters. The third kappa shape index (κ3) is 1.68. The number of anilines is 1. The van der Waals surface area contributed by atoms with E-state index < -0.39 is 40.3 Å². The van der Waals surface area contributed by atoms with Crippen molar-refractivity contribution in [3.63, 3.8) is 0 Å². The van der Waals surface area contributed by atoms with Gasteiger partial charge in [0, 0.05) is 6.07 Å². The van der Waals surface area contributed by atoms with Gasteiger partial charge >= 0.3 is 0 Å². The Kier molecular flexibility index (Phi) is 2.61. The lowest BCUT2D eigenvalue weighted by Gasteiger charge is -2.24. The van der Waals surface area contributed by atoms with E-state index in [-0.39, 0.29) is 11.4 Å². The molecule has 23 heavy (non-hydrogen) atoms. The summed E-state index contributed by atoms with van der Waals surface area (Å²) in [6, 6.07) is 4.49. The summed E-state index contributed by atoms with van der Waals surface area (Å²) in [7, 11) is 0. The lowest BCUT2D eigenvalue weighted by atomic mass is 9.78. The number of carbonyl (C=O) groups excluding carboxylic acids is 2. The predicted octanol–water partition coefficient (Wildman–Crippen LogP) is 1.74. The van der Waals surface area contributed by atoms with Gasteiger partial charge in [-0.05, 0) is 25.5 Å². The first kappa shape index (κ1) is 14.1. The Labute approximate surface area is 131 Å². The van der Waals surface area contributed by atoms with Crippen molar-refractivity contribution >= 4 is 23.2 Å². The Balaban J connectivity index is 1.83. The van der Waals surface area contributed by atoms with Crippen molar-refractivity contribution in [2.45, 2.75) is 25.6 Å². The Hall–Kier alpha value is -2.54. The van der Waals surface area contributed by atoms with E-state index in [1.54, 1.807) is 32.1 Å². The second-order valence-electron chi connectivity index (χ2n) is 6.39. The highest BCUT2D eigenvalue weighted by Gasteiger charge is 2.66. The molecule has 2 bridgehead atoms. The van der Waals surface area contributed by atoms with Crippen LogP contribution in [-0.4, -0.2) is 28.4 Å². The first-order valence-electron chi connectivity index (χ1n) is 7.33. The molecule has 2 amide bonds. The molecule has 4 rings (SSSR count). The van der Waals surface area contributed by atoms with Gasteiger partial charge in [-0.3, -0.25) is 19.7 Å². The molecule has 118 valence electrons. The average Bonchev–Trinajstić information content (AvgIpc) is 3.09. The summed E-state index contributed by atoms with van der Waals surface area (Å²) in [5, 5.41) is 11.3. The van der Waals surface area contributed by atoms with Crippen LogP contribution in [0.5, 0.6) is 0 Å². The van der Waals surface area contributed by atoms with Gasteiger partial charge in [0.05, 0.1) is 28.5 Å². The molecule has 7 heteroatoms. The standard InChI is InChI=1S/C16H14N2O5/c1-8-3-4-9(10(7-8)18(21)22)17-14(19)12-11-5-6-16(2,23-11)13(12)15(17)20/h3-7,11-13H,1-2H3/t11-,12-,13-,16-/m0/s1. The van der Waals surface area contributed by atoms with Gasteiger partial charge in [-0.25, -0.2) is 4.90 Å². The monoisotopic (exact) mass is 314 g/mol. The molecule has 2 fully saturated rings. The molecular formula is C16H14N2O5. The van der Waals surface area contributed by atoms with E-state index in [9.17, 15) is 19.7 Å². The molecule has 0 aliphatic carbocycles. The van der Waals surface area contributed by atoms with E-state index >= 15 is 0 Å². The summed E-state index contributed by atoms with van der Waals surface area (Å²) in [6.07, 6.45) is 3.16. The average molecular weight is 314 g/mol. The predicted molar refractivity (Wildman–Crippen MR) is 79.7 cm³/mol. The van der Waals surface area contributed by atoms with Crippen molar-refractivity contribution < 1.29 is 19.2 Å². The van der Waals surface area contributed by atoms with Crippen LogP contribution in [0.15, 0.2) is 30.4 Å². The number of nitro benzene ring substituents is 1. The number of rotatable bonds is 2. The second kappa shape index (κ2) is 4.26. The van der Waals surface area contributed by atoms with Crippen molar-refractivity contribution in [2.24, 2.45) is 11.8 Å². The zero-order chi connectivity index (χ0) is 16.5. The van der Waals surface area contributed by atoms with Crippen LogP contribution < -0.4 is 4.90 Å². The molecule has 3 heterocycles. The van der Waals surface area contributed by atoms with Crippen molar-refractivity contribution in [3.8, 4) is 0 Å². The molecule has 4 atom stereocenters. The maximum Gasteiger partial charge on any atom is 0.293 e. The summed E-state index contributed by atoms with van der Waals surface area (Å²) in [5.41, 5.74) is -0.320. The molecule has 3 aliphatic rings. The van der Waals surface area contributed by atoms with E-state index in [4.69, 9.17) is 4.74 Å². The van der Waals surface area contributed by atoms with Gasteiger partial charge in [0.2, 0.25) is 11.8 Å². The Bertz CT molecular complexity index is 802. The highest BCUT2D eigenvalue weighted by atomic mass is 16.6. The van der Waals surface area contributed by atoms with E-state index in [0.717, 1.165) is 4.90 Å². The molecule has 1 aromatic carbocycles. The van der Waals surface area contributed by atoms with Crippen LogP contribution in [0.1, 0.15) is 12.5 Å². The van der Waals surface area contributed by atoms with Crippen LogP contribution >= 0.6 is 0 Å². The van der Waals surface area contributed by atoms with Crippen molar-refractivity contribution in [1.29, 1.82) is 0 Å². The molecule has 1 aromatic rings. The van der Waals surface area contributed by atoms with Crippen molar-refractivity contribution in [1.82, 2.24) is 0 Å². The van der Waals surface area contributed by atoms with Crippen LogP contribution in [-0.2, 0) is 14.3 Å². The van der Waals surface area contributed by atoms with Gasteiger partial charge in [-0.15, -0.1) is 0 Å². The van der Waals surface area contributed by atoms with Crippen molar-refractivity contribution in [2.75, 3.05) is 4.90 Å². The number of ether oxygens (including phenoxy) is 1. The lowest BCUT2D eigenvalue weighted by Crippen LogP contribution is -2.38. The lowest BCUT2D eigenvalue weighted by molar-refractivity contribution is -0.384. The molecule has 2 saturated heterocycles. The Morgan fingerprint density at radius 3 is 2.70 bits per heavy atom. The molecule has 7 nitrogen and oxygen atoms in total. The number of nitro groups is 1. The number of imide groups is 1. The minimum Gasteiger partial charge on any atom is -0.362 e. The summed E-state index contributed by atoms with van der Waals surface area (Å²) >= 11 is 0. The molecule has 0 saturated carbocycles. The first-order chi connectivity index (χ1) is 10.8. The van der Waals surface area contributed by atoms with Gasteiger partial charge in [0.1, 0.15) is 5.69 Å². The number of benzene rings is 1. The summed E-state index contributed by atoms with van der Waals surface area (Å²) in [6.45, 7) is 3.49. The third-order valence-electron chi connectivity index (χ3n) is 4.90. The van der Waals surface area contributed by atoms with E-state index in [2.05, 4.69) is 0 Å². The highest BCUT2D eigenvalue weighted by molar-refractivity contribution is 6.24. The van der Waals surface area contributed by atoms with Crippen LogP contribution in [0.3, 0.4) is 0 Å². The zero-order valence-corrected chi connectivity index (χ0v) is 12.6. The molecule has 0 aromatic heterocycles.